The number of nitrogens with one attached hydrogen (secondary N) is 1. The fourth-order valence-electron chi connectivity index (χ4n) is 6.44. The summed E-state index contributed by atoms with van der Waals surface area (Å²) >= 11 is 3.74. The maximum atomic E-state index is 13.7. The lowest BCUT2D eigenvalue weighted by Crippen LogP contribution is -2.38. The van der Waals surface area contributed by atoms with Gasteiger partial charge in [-0.15, -0.1) is 0 Å². The van der Waals surface area contributed by atoms with Gasteiger partial charge >= 0.3 is 12.1 Å². The van der Waals surface area contributed by atoms with Crippen molar-refractivity contribution in [2.75, 3.05) is 18.4 Å². The fraction of sp³-hybridized carbons (Fsp3) is 0.282. The number of hydrogen-bond donors (Lipinski definition) is 1. The predicted molar refractivity (Wildman–Crippen MR) is 192 cm³/mol. The first-order chi connectivity index (χ1) is 23.5. The Morgan fingerprint density at radius 1 is 0.878 bits per heavy atom. The van der Waals surface area contributed by atoms with E-state index in [0.29, 0.717) is 28.8 Å². The number of nitrogens with zero attached hydrogens (tertiary/aromatic N) is 3. The van der Waals surface area contributed by atoms with E-state index in [0.717, 1.165) is 27.6 Å². The number of halogens is 1. The Hall–Kier alpha value is -4.96. The molecule has 1 atom stereocenters. The number of fused-ring (bicyclic) bond motifs is 1. The Kier molecular flexibility index (Phi) is 9.61. The molecule has 2 amide bonds. The van der Waals surface area contributed by atoms with Crippen molar-refractivity contribution < 1.29 is 23.9 Å². The molecule has 49 heavy (non-hydrogen) atoms. The van der Waals surface area contributed by atoms with Gasteiger partial charge in [-0.1, -0.05) is 91.0 Å². The van der Waals surface area contributed by atoms with Gasteiger partial charge in [0, 0.05) is 36.7 Å². The molecule has 1 fully saturated rings. The minimum Gasteiger partial charge on any atom is -0.461 e. The number of anilines is 1. The normalized spacial score (nSPS) is 14.9. The summed E-state index contributed by atoms with van der Waals surface area (Å²) < 4.78 is 13.6. The quantitative estimate of drug-likeness (QED) is 0.129. The number of esters is 1. The second-order valence-electron chi connectivity index (χ2n) is 13.2. The van der Waals surface area contributed by atoms with E-state index < -0.39 is 29.1 Å². The maximum absolute atomic E-state index is 13.7. The van der Waals surface area contributed by atoms with E-state index >= 15 is 0 Å². The Labute approximate surface area is 294 Å². The number of amides is 2. The van der Waals surface area contributed by atoms with Crippen molar-refractivity contribution in [2.45, 2.75) is 51.9 Å². The third-order valence-electron chi connectivity index (χ3n) is 8.65. The molecule has 5 aromatic rings. The van der Waals surface area contributed by atoms with Crippen LogP contribution in [0.4, 0.5) is 10.5 Å². The van der Waals surface area contributed by atoms with Crippen LogP contribution in [0.15, 0.2) is 108 Å². The van der Waals surface area contributed by atoms with E-state index in [1.54, 1.807) is 4.90 Å². The molecule has 2 heterocycles. The highest BCUT2D eigenvalue weighted by atomic mass is 79.9. The standard InChI is InChI=1S/C39H39BrN4O5/c1-26(45)48-25-28-22-34-32(23-33(28)41-36(46)27-20-21-43(24-27)37(47)49-38(2,3)4)35(40)42-44(34)39(29-14-8-5-9-15-29,30-16-10-6-11-17-30)31-18-12-7-13-19-31/h5-19,22-23,27H,20-21,24-25H2,1-4H3,(H,41,46). The SMILES string of the molecule is CC(=O)OCc1cc2c(cc1NC(=O)C1CCN(C(=O)OC(C)(C)C)C1)c(Br)nn2C(c1ccccc1)(c1ccccc1)c1ccccc1. The van der Waals surface area contributed by atoms with E-state index in [4.69, 9.17) is 14.6 Å². The average molecular weight is 724 g/mol. The monoisotopic (exact) mass is 722 g/mol. The smallest absolute Gasteiger partial charge is 0.410 e. The van der Waals surface area contributed by atoms with Gasteiger partial charge in [-0.3, -0.25) is 9.59 Å². The predicted octanol–water partition coefficient (Wildman–Crippen LogP) is 7.90. The van der Waals surface area contributed by atoms with Crippen molar-refractivity contribution in [3.05, 3.63) is 130 Å². The number of rotatable bonds is 8. The van der Waals surface area contributed by atoms with Gasteiger partial charge in [-0.05, 0) is 71.9 Å². The maximum Gasteiger partial charge on any atom is 0.410 e. The summed E-state index contributed by atoms with van der Waals surface area (Å²) in [7, 11) is 0. The molecule has 252 valence electrons. The van der Waals surface area contributed by atoms with E-state index in [2.05, 4.69) is 57.6 Å². The van der Waals surface area contributed by atoms with E-state index in [1.807, 2.05) is 92.2 Å². The highest BCUT2D eigenvalue weighted by molar-refractivity contribution is 9.10. The molecule has 1 aromatic heterocycles. The molecule has 0 radical (unpaired) electrons. The number of carbonyl (C=O) groups excluding carboxylic acids is 3. The van der Waals surface area contributed by atoms with Crippen LogP contribution in [0.3, 0.4) is 0 Å². The van der Waals surface area contributed by atoms with Gasteiger partial charge in [0.1, 0.15) is 22.4 Å². The summed E-state index contributed by atoms with van der Waals surface area (Å²) in [6, 6.07) is 34.4. The molecular weight excluding hydrogens is 684 g/mol. The van der Waals surface area contributed by atoms with Gasteiger partial charge in [0.2, 0.25) is 5.91 Å². The lowest BCUT2D eigenvalue weighted by Gasteiger charge is -2.37. The highest BCUT2D eigenvalue weighted by Gasteiger charge is 2.41. The topological polar surface area (TPSA) is 103 Å². The molecule has 0 saturated carbocycles. The first-order valence-corrected chi connectivity index (χ1v) is 17.1. The fourth-order valence-corrected chi connectivity index (χ4v) is 6.92. The second-order valence-corrected chi connectivity index (χ2v) is 14.0. The average Bonchev–Trinajstić information content (AvgIpc) is 3.71. The molecule has 0 spiro atoms. The molecule has 0 bridgehead atoms. The zero-order valence-electron chi connectivity index (χ0n) is 28.0. The van der Waals surface area contributed by atoms with Gasteiger partial charge < -0.3 is 19.7 Å². The van der Waals surface area contributed by atoms with Gasteiger partial charge in [-0.2, -0.15) is 5.10 Å². The Morgan fingerprint density at radius 2 is 1.43 bits per heavy atom. The van der Waals surface area contributed by atoms with Crippen molar-refractivity contribution in [3.8, 4) is 0 Å². The molecule has 1 aliphatic heterocycles. The molecule has 1 N–H and O–H groups in total. The van der Waals surface area contributed by atoms with Crippen LogP contribution in [0.5, 0.6) is 0 Å². The third kappa shape index (κ3) is 6.96. The van der Waals surface area contributed by atoms with Crippen molar-refractivity contribution in [1.82, 2.24) is 14.7 Å². The van der Waals surface area contributed by atoms with Gasteiger partial charge in [-0.25, -0.2) is 9.48 Å². The van der Waals surface area contributed by atoms with E-state index in [9.17, 15) is 14.4 Å². The van der Waals surface area contributed by atoms with Crippen molar-refractivity contribution in [1.29, 1.82) is 0 Å². The number of carbonyl (C=O) groups is 3. The first-order valence-electron chi connectivity index (χ1n) is 16.3. The van der Waals surface area contributed by atoms with Crippen molar-refractivity contribution in [3.63, 3.8) is 0 Å². The second kappa shape index (κ2) is 13.9. The van der Waals surface area contributed by atoms with Crippen LogP contribution in [0.25, 0.3) is 10.9 Å². The van der Waals surface area contributed by atoms with Crippen LogP contribution in [-0.2, 0) is 31.2 Å². The van der Waals surface area contributed by atoms with E-state index in [1.165, 1.54) is 6.92 Å². The lowest BCUT2D eigenvalue weighted by molar-refractivity contribution is -0.142. The molecule has 1 unspecified atom stereocenters. The molecule has 1 aliphatic rings. The highest BCUT2D eigenvalue weighted by Crippen LogP contribution is 2.44. The van der Waals surface area contributed by atoms with Gasteiger partial charge in [0.15, 0.2) is 0 Å². The largest absolute Gasteiger partial charge is 0.461 e. The number of benzene rings is 4. The summed E-state index contributed by atoms with van der Waals surface area (Å²) in [4.78, 5) is 39.9. The van der Waals surface area contributed by atoms with Crippen LogP contribution >= 0.6 is 15.9 Å². The molecule has 6 rings (SSSR count). The van der Waals surface area contributed by atoms with Gasteiger partial charge in [0.25, 0.3) is 0 Å². The Balaban J connectivity index is 1.47. The van der Waals surface area contributed by atoms with Crippen LogP contribution in [0.1, 0.15) is 56.4 Å². The number of hydrogen-bond acceptors (Lipinski definition) is 6. The zero-order chi connectivity index (χ0) is 34.8. The van der Waals surface area contributed by atoms with Crippen LogP contribution < -0.4 is 5.32 Å². The van der Waals surface area contributed by atoms with E-state index in [-0.39, 0.29) is 19.1 Å². The van der Waals surface area contributed by atoms with Crippen molar-refractivity contribution in [2.24, 2.45) is 5.92 Å². The lowest BCUT2D eigenvalue weighted by atomic mass is 9.77. The minimum absolute atomic E-state index is 0.0621. The summed E-state index contributed by atoms with van der Waals surface area (Å²) in [5.74, 6) is -1.11. The Bertz CT molecular complexity index is 1880. The molecule has 0 aliphatic carbocycles. The number of aromatic nitrogens is 2. The minimum atomic E-state index is -0.896. The summed E-state index contributed by atoms with van der Waals surface area (Å²) in [5, 5.41) is 8.98. The van der Waals surface area contributed by atoms with Gasteiger partial charge in [0.05, 0.1) is 11.4 Å². The number of likely N-dealkylation sites (tertiary alicyclic amines) is 1. The Morgan fingerprint density at radius 3 is 1.94 bits per heavy atom. The molecule has 10 heteroatoms. The molecular formula is C39H39BrN4O5. The third-order valence-corrected chi connectivity index (χ3v) is 9.24. The van der Waals surface area contributed by atoms with Crippen LogP contribution in [0, 0.1) is 5.92 Å². The molecule has 1 saturated heterocycles. The van der Waals surface area contributed by atoms with Crippen LogP contribution in [0.2, 0.25) is 0 Å². The molecule has 4 aromatic carbocycles. The summed E-state index contributed by atoms with van der Waals surface area (Å²) in [5.41, 5.74) is 3.34. The summed E-state index contributed by atoms with van der Waals surface area (Å²) in [6.07, 6.45) is 0.0666. The first kappa shape index (κ1) is 33.9. The molecule has 9 nitrogen and oxygen atoms in total. The number of ether oxygens (including phenoxy) is 2. The summed E-state index contributed by atoms with van der Waals surface area (Å²) in [6.45, 7) is 7.41. The van der Waals surface area contributed by atoms with Crippen LogP contribution in [-0.4, -0.2) is 51.3 Å². The van der Waals surface area contributed by atoms with Crippen molar-refractivity contribution >= 4 is 50.5 Å². The zero-order valence-corrected chi connectivity index (χ0v) is 29.6.